The number of nitrogens with one attached hydrogen (secondary N) is 1. The van der Waals surface area contributed by atoms with E-state index in [1.807, 2.05) is 11.8 Å². The van der Waals surface area contributed by atoms with E-state index < -0.39 is 10.0 Å². The Kier molecular flexibility index (Phi) is 4.64. The highest BCUT2D eigenvalue weighted by Gasteiger charge is 2.37. The molecule has 0 unspecified atom stereocenters. The van der Waals surface area contributed by atoms with Gasteiger partial charge in [0.2, 0.25) is 5.91 Å². The van der Waals surface area contributed by atoms with E-state index in [4.69, 9.17) is 11.6 Å². The Bertz CT molecular complexity index is 985. The second-order valence-corrected chi connectivity index (χ2v) is 9.41. The van der Waals surface area contributed by atoms with E-state index in [0.29, 0.717) is 17.1 Å². The normalized spacial score (nSPS) is 19.5. The van der Waals surface area contributed by atoms with Gasteiger partial charge in [-0.2, -0.15) is 0 Å². The van der Waals surface area contributed by atoms with Crippen LogP contribution in [0.25, 0.3) is 0 Å². The molecule has 1 heterocycles. The van der Waals surface area contributed by atoms with Gasteiger partial charge in [-0.05, 0) is 74.2 Å². The van der Waals surface area contributed by atoms with Crippen molar-refractivity contribution in [2.75, 3.05) is 9.62 Å². The number of fused-ring (bicyclic) bond motifs is 1. The van der Waals surface area contributed by atoms with E-state index in [1.54, 1.807) is 42.5 Å². The lowest BCUT2D eigenvalue weighted by Crippen LogP contribution is -2.42. The Morgan fingerprint density at radius 1 is 1.15 bits per heavy atom. The first kappa shape index (κ1) is 18.3. The van der Waals surface area contributed by atoms with Crippen molar-refractivity contribution in [3.8, 4) is 0 Å². The molecule has 1 aliphatic carbocycles. The molecular weight excluding hydrogens is 384 g/mol. The third-order valence-corrected chi connectivity index (χ3v) is 7.00. The molecule has 2 aromatic rings. The second-order valence-electron chi connectivity index (χ2n) is 7.29. The van der Waals surface area contributed by atoms with E-state index in [1.165, 1.54) is 0 Å². The largest absolute Gasteiger partial charge is 0.309 e. The first-order chi connectivity index (χ1) is 12.8. The van der Waals surface area contributed by atoms with Gasteiger partial charge in [-0.25, -0.2) is 8.42 Å². The Hall–Kier alpha value is -2.05. The number of benzene rings is 2. The molecule has 0 saturated heterocycles. The zero-order chi connectivity index (χ0) is 19.2. The van der Waals surface area contributed by atoms with Crippen molar-refractivity contribution in [2.45, 2.75) is 43.5 Å². The number of nitrogens with zero attached hydrogens (tertiary/aromatic N) is 1. The van der Waals surface area contributed by atoms with Crippen LogP contribution in [0.3, 0.4) is 0 Å². The van der Waals surface area contributed by atoms with Gasteiger partial charge >= 0.3 is 0 Å². The van der Waals surface area contributed by atoms with Gasteiger partial charge in [-0.15, -0.1) is 0 Å². The maximum Gasteiger partial charge on any atom is 0.261 e. The molecule has 2 aliphatic rings. The van der Waals surface area contributed by atoms with E-state index in [-0.39, 0.29) is 22.8 Å². The summed E-state index contributed by atoms with van der Waals surface area (Å²) in [4.78, 5) is 14.8. The average Bonchev–Trinajstić information content (AvgIpc) is 2.90. The Morgan fingerprint density at radius 2 is 1.85 bits per heavy atom. The summed E-state index contributed by atoms with van der Waals surface area (Å²) in [6.07, 6.45) is 3.68. The van der Waals surface area contributed by atoms with Crippen LogP contribution in [0.1, 0.15) is 31.7 Å². The highest BCUT2D eigenvalue weighted by Crippen LogP contribution is 2.38. The monoisotopic (exact) mass is 404 g/mol. The first-order valence-corrected chi connectivity index (χ1v) is 11.0. The molecule has 1 N–H and O–H groups in total. The van der Waals surface area contributed by atoms with Crippen LogP contribution in [-0.2, 0) is 21.2 Å². The fraction of sp³-hybridized carbons (Fsp3) is 0.350. The zero-order valence-corrected chi connectivity index (χ0v) is 16.6. The summed E-state index contributed by atoms with van der Waals surface area (Å²) in [6.45, 7) is 2.01. The lowest BCUT2D eigenvalue weighted by molar-refractivity contribution is -0.125. The van der Waals surface area contributed by atoms with Crippen molar-refractivity contribution in [1.29, 1.82) is 0 Å². The van der Waals surface area contributed by atoms with E-state index in [0.717, 1.165) is 30.5 Å². The molecule has 0 aromatic heterocycles. The first-order valence-electron chi connectivity index (χ1n) is 9.09. The molecule has 5 nitrogen and oxygen atoms in total. The van der Waals surface area contributed by atoms with Gasteiger partial charge in [0.1, 0.15) is 0 Å². The van der Waals surface area contributed by atoms with Crippen molar-refractivity contribution < 1.29 is 13.2 Å². The number of halogens is 1. The fourth-order valence-corrected chi connectivity index (χ4v) is 4.93. The number of carbonyl (C=O) groups is 1. The predicted octanol–water partition coefficient (Wildman–Crippen LogP) is 4.22. The van der Waals surface area contributed by atoms with Crippen LogP contribution in [-0.4, -0.2) is 20.4 Å². The molecule has 1 fully saturated rings. The van der Waals surface area contributed by atoms with E-state index in [2.05, 4.69) is 4.72 Å². The summed E-state index contributed by atoms with van der Waals surface area (Å²) in [5.41, 5.74) is 2.19. The van der Waals surface area contributed by atoms with Crippen molar-refractivity contribution in [3.05, 3.63) is 53.1 Å². The maximum absolute atomic E-state index is 12.7. The van der Waals surface area contributed by atoms with Gasteiger partial charge < -0.3 is 4.90 Å². The second kappa shape index (κ2) is 6.84. The minimum absolute atomic E-state index is 0.0512. The number of sulfonamides is 1. The quantitative estimate of drug-likeness (QED) is 0.829. The summed E-state index contributed by atoms with van der Waals surface area (Å²) in [6, 6.07) is 11.6. The summed E-state index contributed by atoms with van der Waals surface area (Å²) in [7, 11) is -3.71. The van der Waals surface area contributed by atoms with E-state index in [9.17, 15) is 13.2 Å². The molecule has 2 aromatic carbocycles. The maximum atomic E-state index is 12.7. The lowest BCUT2D eigenvalue weighted by Gasteiger charge is -2.32. The molecular formula is C20H21ClN2O3S. The lowest BCUT2D eigenvalue weighted by atomic mass is 9.84. The number of amides is 1. The molecule has 4 rings (SSSR count). The Morgan fingerprint density at radius 3 is 2.48 bits per heavy atom. The number of hydrogen-bond donors (Lipinski definition) is 1. The summed E-state index contributed by atoms with van der Waals surface area (Å²) >= 11 is 5.84. The van der Waals surface area contributed by atoms with Crippen LogP contribution in [0.15, 0.2) is 47.4 Å². The molecule has 27 heavy (non-hydrogen) atoms. The number of rotatable bonds is 4. The van der Waals surface area contributed by atoms with Gasteiger partial charge in [0.25, 0.3) is 10.0 Å². The van der Waals surface area contributed by atoms with Gasteiger partial charge in [0, 0.05) is 28.4 Å². The number of hydrogen-bond acceptors (Lipinski definition) is 3. The predicted molar refractivity (Wildman–Crippen MR) is 107 cm³/mol. The molecule has 1 atom stereocenters. The van der Waals surface area contributed by atoms with Crippen LogP contribution in [0.5, 0.6) is 0 Å². The standard InChI is InChI=1S/C20H21ClN2O3S/c1-13-11-15-12-18(27(25,26)22-17-7-5-16(21)6-8-17)9-10-19(15)23(13)20(24)14-3-2-4-14/h5-10,12-14,22H,2-4,11H2,1H3/t13-/m1/s1. The minimum atomic E-state index is -3.71. The SMILES string of the molecule is C[C@@H]1Cc2cc(S(=O)(=O)Nc3ccc(Cl)cc3)ccc2N1C(=O)C1CCC1. The summed E-state index contributed by atoms with van der Waals surface area (Å²) < 4.78 is 28.0. The van der Waals surface area contributed by atoms with Crippen LogP contribution in [0.4, 0.5) is 11.4 Å². The molecule has 0 spiro atoms. The van der Waals surface area contributed by atoms with Crippen molar-refractivity contribution in [3.63, 3.8) is 0 Å². The number of anilines is 2. The summed E-state index contributed by atoms with van der Waals surface area (Å²) in [5, 5.41) is 0.542. The Labute approximate surface area is 164 Å². The van der Waals surface area contributed by atoms with Crippen molar-refractivity contribution in [2.24, 2.45) is 5.92 Å². The van der Waals surface area contributed by atoms with Crippen LogP contribution in [0.2, 0.25) is 5.02 Å². The molecule has 1 amide bonds. The van der Waals surface area contributed by atoms with Crippen molar-refractivity contribution in [1.82, 2.24) is 0 Å². The third-order valence-electron chi connectivity index (χ3n) is 5.37. The van der Waals surface area contributed by atoms with Crippen LogP contribution in [0, 0.1) is 5.92 Å². The number of carbonyl (C=O) groups excluding carboxylic acids is 1. The topological polar surface area (TPSA) is 66.5 Å². The molecule has 142 valence electrons. The fourth-order valence-electron chi connectivity index (χ4n) is 3.69. The molecule has 1 aliphatic heterocycles. The van der Waals surface area contributed by atoms with Gasteiger partial charge in [0.05, 0.1) is 4.90 Å². The van der Waals surface area contributed by atoms with Gasteiger partial charge in [0.15, 0.2) is 0 Å². The minimum Gasteiger partial charge on any atom is -0.309 e. The van der Waals surface area contributed by atoms with Crippen LogP contribution >= 0.6 is 11.6 Å². The molecule has 0 radical (unpaired) electrons. The molecule has 7 heteroatoms. The van der Waals surface area contributed by atoms with E-state index >= 15 is 0 Å². The summed E-state index contributed by atoms with van der Waals surface area (Å²) in [5.74, 6) is 0.288. The van der Waals surface area contributed by atoms with Gasteiger partial charge in [-0.3, -0.25) is 9.52 Å². The van der Waals surface area contributed by atoms with Gasteiger partial charge in [-0.1, -0.05) is 18.0 Å². The highest BCUT2D eigenvalue weighted by atomic mass is 35.5. The Balaban J connectivity index is 1.60. The van der Waals surface area contributed by atoms with Crippen molar-refractivity contribution >= 4 is 38.9 Å². The third kappa shape index (κ3) is 3.44. The smallest absolute Gasteiger partial charge is 0.261 e. The zero-order valence-electron chi connectivity index (χ0n) is 15.0. The molecule has 1 saturated carbocycles. The highest BCUT2D eigenvalue weighted by molar-refractivity contribution is 7.92. The average molecular weight is 405 g/mol. The van der Waals surface area contributed by atoms with Crippen LogP contribution < -0.4 is 9.62 Å². The molecule has 0 bridgehead atoms.